The van der Waals surface area contributed by atoms with Crippen LogP contribution in [0.4, 0.5) is 23.1 Å². The van der Waals surface area contributed by atoms with Gasteiger partial charge in [0, 0.05) is 24.7 Å². The minimum atomic E-state index is -3.54. The van der Waals surface area contributed by atoms with E-state index in [4.69, 9.17) is 0 Å². The average molecular weight is 475 g/mol. The first-order valence-corrected chi connectivity index (χ1v) is 12.6. The van der Waals surface area contributed by atoms with Crippen LogP contribution in [0.3, 0.4) is 0 Å². The Bertz CT molecular complexity index is 1250. The second-order valence-corrected chi connectivity index (χ2v) is 12.0. The molecule has 1 aliphatic rings. The van der Waals surface area contributed by atoms with Crippen LogP contribution in [0.25, 0.3) is 10.2 Å². The van der Waals surface area contributed by atoms with Gasteiger partial charge in [-0.05, 0) is 56.8 Å². The molecular weight excluding hydrogens is 448 g/mol. The number of anilines is 4. The topological polar surface area (TPSA) is 125 Å². The summed E-state index contributed by atoms with van der Waals surface area (Å²) in [7, 11) is -3.54. The highest BCUT2D eigenvalue weighted by molar-refractivity contribution is 7.94. The number of amides is 1. The molecule has 4 rings (SSSR count). The van der Waals surface area contributed by atoms with Crippen molar-refractivity contribution in [1.29, 1.82) is 0 Å². The van der Waals surface area contributed by atoms with Gasteiger partial charge in [-0.3, -0.25) is 9.52 Å². The Morgan fingerprint density at radius 2 is 1.94 bits per heavy atom. The van der Waals surface area contributed by atoms with Crippen LogP contribution in [0.15, 0.2) is 35.7 Å². The van der Waals surface area contributed by atoms with E-state index in [1.54, 1.807) is 39.0 Å². The molecule has 9 nitrogen and oxygen atoms in total. The monoisotopic (exact) mass is 474 g/mol. The first-order valence-electron chi connectivity index (χ1n) is 10.3. The van der Waals surface area contributed by atoms with Gasteiger partial charge in [0.2, 0.25) is 21.9 Å². The molecule has 1 amide bonds. The smallest absolute Gasteiger partial charge is 0.237 e. The van der Waals surface area contributed by atoms with Gasteiger partial charge in [0.25, 0.3) is 0 Å². The van der Waals surface area contributed by atoms with Crippen LogP contribution in [0.5, 0.6) is 0 Å². The lowest BCUT2D eigenvalue weighted by atomic mass is 10.1. The fourth-order valence-electron chi connectivity index (χ4n) is 3.21. The Balaban J connectivity index is 1.59. The van der Waals surface area contributed by atoms with Gasteiger partial charge < -0.3 is 16.0 Å². The van der Waals surface area contributed by atoms with Gasteiger partial charge in [-0.2, -0.15) is 4.98 Å². The van der Waals surface area contributed by atoms with Gasteiger partial charge in [0.15, 0.2) is 0 Å². The van der Waals surface area contributed by atoms with E-state index in [1.807, 2.05) is 17.5 Å². The third kappa shape index (κ3) is 4.94. The van der Waals surface area contributed by atoms with Gasteiger partial charge in [-0.1, -0.05) is 6.07 Å². The van der Waals surface area contributed by atoms with E-state index in [1.165, 1.54) is 11.3 Å². The minimum Gasteiger partial charge on any atom is -0.356 e. The number of nitrogens with one attached hydrogen (secondary N) is 4. The van der Waals surface area contributed by atoms with Gasteiger partial charge in [-0.15, -0.1) is 11.3 Å². The fraction of sp³-hybridized carbons (Fsp3) is 0.381. The van der Waals surface area contributed by atoms with Crippen LogP contribution in [-0.2, 0) is 14.8 Å². The van der Waals surface area contributed by atoms with E-state index in [9.17, 15) is 13.2 Å². The summed E-state index contributed by atoms with van der Waals surface area (Å²) in [5.41, 5.74) is 1.15. The molecule has 1 atom stereocenters. The van der Waals surface area contributed by atoms with E-state index in [0.717, 1.165) is 16.6 Å². The van der Waals surface area contributed by atoms with Crippen molar-refractivity contribution in [2.24, 2.45) is 0 Å². The van der Waals surface area contributed by atoms with Crippen LogP contribution in [-0.4, -0.2) is 41.6 Å². The van der Waals surface area contributed by atoms with Crippen molar-refractivity contribution in [1.82, 2.24) is 15.3 Å². The summed E-state index contributed by atoms with van der Waals surface area (Å²) in [6.07, 6.45) is 1.18. The number of carbonyl (C=O) groups is 1. The zero-order chi connectivity index (χ0) is 22.9. The summed E-state index contributed by atoms with van der Waals surface area (Å²) in [5.74, 6) is 1.07. The molecule has 11 heteroatoms. The maximum absolute atomic E-state index is 12.5. The zero-order valence-electron chi connectivity index (χ0n) is 18.1. The molecule has 0 spiro atoms. The van der Waals surface area contributed by atoms with E-state index >= 15 is 0 Å². The Labute approximate surface area is 191 Å². The van der Waals surface area contributed by atoms with E-state index in [0.29, 0.717) is 36.1 Å². The molecular formula is C21H26N6O3S2. The van der Waals surface area contributed by atoms with Crippen molar-refractivity contribution in [2.45, 2.75) is 44.4 Å². The average Bonchev–Trinajstić information content (AvgIpc) is 3.16. The number of benzene rings is 1. The Kier molecular flexibility index (Phi) is 5.95. The van der Waals surface area contributed by atoms with Crippen molar-refractivity contribution >= 4 is 60.6 Å². The molecule has 0 radical (unpaired) electrons. The molecule has 0 saturated carbocycles. The lowest BCUT2D eigenvalue weighted by molar-refractivity contribution is -0.122. The van der Waals surface area contributed by atoms with Crippen molar-refractivity contribution in [3.8, 4) is 0 Å². The quantitative estimate of drug-likeness (QED) is 0.430. The third-order valence-corrected chi connectivity index (χ3v) is 8.01. The lowest BCUT2D eigenvalue weighted by Gasteiger charge is -2.23. The fourth-order valence-corrected chi connectivity index (χ4v) is 4.72. The standard InChI is InChI=1S/C21H26N6O3S2/c1-21(2,3)32(29,30)27-15-6-4-5-13(11-15)23-18-16-8-10-31-19(16)26-20(25-18)24-14-7-9-22-17(28)12-14/h4-6,8,10-11,14,27H,7,9,12H2,1-3H3,(H,22,28)(H2,23,24,25,26). The zero-order valence-corrected chi connectivity index (χ0v) is 19.7. The first-order chi connectivity index (χ1) is 15.1. The highest BCUT2D eigenvalue weighted by atomic mass is 32.2. The second kappa shape index (κ2) is 8.55. The summed E-state index contributed by atoms with van der Waals surface area (Å²) in [6, 6.07) is 8.95. The molecule has 1 unspecified atom stereocenters. The maximum Gasteiger partial charge on any atom is 0.237 e. The summed E-state index contributed by atoms with van der Waals surface area (Å²) < 4.78 is 26.7. The SMILES string of the molecule is CC(C)(C)S(=O)(=O)Nc1cccc(Nc2nc(NC3CCNC(=O)C3)nc3sccc23)c1. The van der Waals surface area contributed by atoms with Gasteiger partial charge in [0.05, 0.1) is 15.8 Å². The number of aromatic nitrogens is 2. The van der Waals surface area contributed by atoms with Crippen molar-refractivity contribution < 1.29 is 13.2 Å². The van der Waals surface area contributed by atoms with E-state index in [2.05, 4.69) is 30.6 Å². The molecule has 170 valence electrons. The largest absolute Gasteiger partial charge is 0.356 e. The molecule has 0 bridgehead atoms. The molecule has 4 N–H and O–H groups in total. The minimum absolute atomic E-state index is 0.0128. The molecule has 3 heterocycles. The number of thiophene rings is 1. The van der Waals surface area contributed by atoms with Crippen molar-refractivity contribution in [3.05, 3.63) is 35.7 Å². The van der Waals surface area contributed by atoms with E-state index < -0.39 is 14.8 Å². The van der Waals surface area contributed by atoms with E-state index in [-0.39, 0.29) is 11.9 Å². The highest BCUT2D eigenvalue weighted by Gasteiger charge is 2.29. The molecule has 1 aromatic carbocycles. The van der Waals surface area contributed by atoms with Crippen LogP contribution in [0.1, 0.15) is 33.6 Å². The van der Waals surface area contributed by atoms with Crippen molar-refractivity contribution in [2.75, 3.05) is 21.9 Å². The van der Waals surface area contributed by atoms with Crippen LogP contribution in [0.2, 0.25) is 0 Å². The molecule has 2 aromatic heterocycles. The predicted molar refractivity (Wildman–Crippen MR) is 129 cm³/mol. The van der Waals surface area contributed by atoms with Crippen LogP contribution >= 0.6 is 11.3 Å². The molecule has 1 aliphatic heterocycles. The molecule has 32 heavy (non-hydrogen) atoms. The summed E-state index contributed by atoms with van der Waals surface area (Å²) in [4.78, 5) is 21.7. The van der Waals surface area contributed by atoms with Crippen LogP contribution in [0, 0.1) is 0 Å². The predicted octanol–water partition coefficient (Wildman–Crippen LogP) is 3.67. The molecule has 1 fully saturated rings. The van der Waals surface area contributed by atoms with Gasteiger partial charge in [0.1, 0.15) is 10.6 Å². The number of fused-ring (bicyclic) bond motifs is 1. The molecule has 0 aliphatic carbocycles. The van der Waals surface area contributed by atoms with Gasteiger partial charge in [-0.25, -0.2) is 13.4 Å². The first kappa shape index (κ1) is 22.3. The number of sulfonamides is 1. The molecule has 3 aromatic rings. The van der Waals surface area contributed by atoms with Crippen LogP contribution < -0.4 is 20.7 Å². The Morgan fingerprint density at radius 1 is 1.16 bits per heavy atom. The number of hydrogen-bond acceptors (Lipinski definition) is 8. The highest BCUT2D eigenvalue weighted by Crippen LogP contribution is 2.30. The molecule has 1 saturated heterocycles. The summed E-state index contributed by atoms with van der Waals surface area (Å²) in [5, 5.41) is 12.2. The second-order valence-electron chi connectivity index (χ2n) is 8.64. The normalized spacial score (nSPS) is 17.1. The Morgan fingerprint density at radius 3 is 2.69 bits per heavy atom. The number of nitrogens with zero attached hydrogens (tertiary/aromatic N) is 2. The number of carbonyl (C=O) groups excluding carboxylic acids is 1. The number of rotatable bonds is 6. The summed E-state index contributed by atoms with van der Waals surface area (Å²) >= 11 is 1.50. The third-order valence-electron chi connectivity index (χ3n) is 5.09. The number of hydrogen-bond donors (Lipinski definition) is 4. The lowest BCUT2D eigenvalue weighted by Crippen LogP contribution is -2.40. The summed E-state index contributed by atoms with van der Waals surface area (Å²) in [6.45, 7) is 5.57. The Hall–Kier alpha value is -2.92. The maximum atomic E-state index is 12.5. The van der Waals surface area contributed by atoms with Crippen molar-refractivity contribution in [3.63, 3.8) is 0 Å². The van der Waals surface area contributed by atoms with Gasteiger partial charge >= 0.3 is 0 Å². The number of piperidine rings is 1.